The van der Waals surface area contributed by atoms with E-state index in [0.717, 1.165) is 68.5 Å². The molecule has 0 bridgehead atoms. The van der Waals surface area contributed by atoms with Crippen LogP contribution in [0.1, 0.15) is 65.3 Å². The number of hydrogen-bond acceptors (Lipinski definition) is 5. The third-order valence-electron chi connectivity index (χ3n) is 8.22. The first kappa shape index (κ1) is 24.0. The highest BCUT2D eigenvalue weighted by atomic mass is 16.3. The SMILES string of the molecule is O=C(c1cc2cc(C3(O)CCN(Cc4ccoc4)CC3)ccc2o1)N1CCC[C@H](c2ccccc2)CC1. The Morgan fingerprint density at radius 1 is 0.973 bits per heavy atom. The van der Waals surface area contributed by atoms with Crippen LogP contribution in [0.3, 0.4) is 0 Å². The number of benzene rings is 2. The standard InChI is InChI=1S/C31H34N2O4/c34-30(33-14-4-7-25(10-15-33)24-5-2-1-3-6-24)29-20-26-19-27(8-9-28(26)37-29)31(35)12-16-32(17-13-31)21-23-11-18-36-22-23/h1-3,5-6,8-9,11,18-20,22,25,35H,4,7,10,12-17,21H2/t25-/m0/s1. The zero-order valence-electron chi connectivity index (χ0n) is 21.1. The van der Waals surface area contributed by atoms with Crippen molar-refractivity contribution in [1.29, 1.82) is 0 Å². The molecule has 2 aromatic carbocycles. The molecule has 2 fully saturated rings. The van der Waals surface area contributed by atoms with E-state index < -0.39 is 5.60 Å². The minimum Gasteiger partial charge on any atom is -0.472 e. The molecule has 0 unspecified atom stereocenters. The summed E-state index contributed by atoms with van der Waals surface area (Å²) in [6.45, 7) is 3.94. The average molecular weight is 499 g/mol. The van der Waals surface area contributed by atoms with E-state index in [9.17, 15) is 9.90 Å². The highest BCUT2D eigenvalue weighted by Gasteiger charge is 2.34. The van der Waals surface area contributed by atoms with Crippen LogP contribution in [0.5, 0.6) is 0 Å². The van der Waals surface area contributed by atoms with Gasteiger partial charge < -0.3 is 18.8 Å². The van der Waals surface area contributed by atoms with Gasteiger partial charge in [0.1, 0.15) is 5.58 Å². The number of fused-ring (bicyclic) bond motifs is 1. The number of nitrogens with zero attached hydrogens (tertiary/aromatic N) is 2. The van der Waals surface area contributed by atoms with Gasteiger partial charge in [0.25, 0.3) is 5.91 Å². The third-order valence-corrected chi connectivity index (χ3v) is 8.22. The Hall–Kier alpha value is -3.35. The Morgan fingerprint density at radius 2 is 1.81 bits per heavy atom. The van der Waals surface area contributed by atoms with Crippen LogP contribution in [0.25, 0.3) is 11.0 Å². The molecule has 1 atom stereocenters. The van der Waals surface area contributed by atoms with Crippen molar-refractivity contribution in [3.05, 3.63) is 95.6 Å². The third kappa shape index (κ3) is 5.09. The molecule has 192 valence electrons. The van der Waals surface area contributed by atoms with E-state index in [0.29, 0.717) is 30.1 Å². The second-order valence-electron chi connectivity index (χ2n) is 10.6. The predicted molar refractivity (Wildman–Crippen MR) is 142 cm³/mol. The number of aliphatic hydroxyl groups is 1. The van der Waals surface area contributed by atoms with Gasteiger partial charge in [-0.2, -0.15) is 0 Å². The highest BCUT2D eigenvalue weighted by Crippen LogP contribution is 2.36. The van der Waals surface area contributed by atoms with Crippen LogP contribution in [0.4, 0.5) is 0 Å². The number of carbonyl (C=O) groups excluding carboxylic acids is 1. The minimum atomic E-state index is -0.875. The van der Waals surface area contributed by atoms with Crippen molar-refractivity contribution in [1.82, 2.24) is 9.80 Å². The Labute approximate surface area is 217 Å². The summed E-state index contributed by atoms with van der Waals surface area (Å²) >= 11 is 0. The topological polar surface area (TPSA) is 70.1 Å². The Morgan fingerprint density at radius 3 is 2.59 bits per heavy atom. The van der Waals surface area contributed by atoms with Crippen LogP contribution in [0, 0.1) is 0 Å². The summed E-state index contributed by atoms with van der Waals surface area (Å²) in [6.07, 6.45) is 7.84. The van der Waals surface area contributed by atoms with Crippen molar-refractivity contribution >= 4 is 16.9 Å². The fraction of sp³-hybridized carbons (Fsp3) is 0.387. The minimum absolute atomic E-state index is 0.0438. The quantitative estimate of drug-likeness (QED) is 0.370. The van der Waals surface area contributed by atoms with E-state index in [1.807, 2.05) is 41.3 Å². The van der Waals surface area contributed by atoms with Crippen LogP contribution >= 0.6 is 0 Å². The molecule has 0 saturated carbocycles. The first-order valence-electron chi connectivity index (χ1n) is 13.4. The molecule has 6 rings (SSSR count). The van der Waals surface area contributed by atoms with Crippen molar-refractivity contribution in [2.45, 2.75) is 50.2 Å². The molecular formula is C31H34N2O4. The maximum atomic E-state index is 13.4. The molecular weight excluding hydrogens is 464 g/mol. The highest BCUT2D eigenvalue weighted by molar-refractivity contribution is 5.96. The fourth-order valence-corrected chi connectivity index (χ4v) is 5.96. The van der Waals surface area contributed by atoms with Crippen LogP contribution in [0.15, 0.2) is 82.0 Å². The lowest BCUT2D eigenvalue weighted by atomic mass is 9.84. The number of amides is 1. The normalized spacial score (nSPS) is 20.7. The largest absolute Gasteiger partial charge is 0.472 e. The monoisotopic (exact) mass is 498 g/mol. The Kier molecular flexibility index (Phi) is 6.61. The molecule has 1 N–H and O–H groups in total. The van der Waals surface area contributed by atoms with E-state index in [-0.39, 0.29) is 5.91 Å². The summed E-state index contributed by atoms with van der Waals surface area (Å²) < 4.78 is 11.2. The zero-order chi connectivity index (χ0) is 25.2. The van der Waals surface area contributed by atoms with Gasteiger partial charge >= 0.3 is 0 Å². The van der Waals surface area contributed by atoms with Gasteiger partial charge in [-0.25, -0.2) is 0 Å². The fourth-order valence-electron chi connectivity index (χ4n) is 5.96. The maximum absolute atomic E-state index is 13.4. The van der Waals surface area contributed by atoms with E-state index in [2.05, 4.69) is 29.2 Å². The molecule has 0 aliphatic carbocycles. The van der Waals surface area contributed by atoms with Crippen molar-refractivity contribution < 1.29 is 18.7 Å². The molecule has 37 heavy (non-hydrogen) atoms. The second-order valence-corrected chi connectivity index (χ2v) is 10.6. The summed E-state index contributed by atoms with van der Waals surface area (Å²) in [5.74, 6) is 0.828. The molecule has 4 aromatic rings. The van der Waals surface area contributed by atoms with Crippen LogP contribution < -0.4 is 0 Å². The lowest BCUT2D eigenvalue weighted by molar-refractivity contribution is -0.0276. The number of carbonyl (C=O) groups is 1. The summed E-state index contributed by atoms with van der Waals surface area (Å²) in [7, 11) is 0. The van der Waals surface area contributed by atoms with E-state index >= 15 is 0 Å². The molecule has 4 heterocycles. The second kappa shape index (κ2) is 10.2. The number of hydrogen-bond donors (Lipinski definition) is 1. The van der Waals surface area contributed by atoms with Gasteiger partial charge in [-0.1, -0.05) is 36.4 Å². The van der Waals surface area contributed by atoms with Gasteiger partial charge in [-0.15, -0.1) is 0 Å². The maximum Gasteiger partial charge on any atom is 0.289 e. The van der Waals surface area contributed by atoms with Crippen LogP contribution in [0.2, 0.25) is 0 Å². The molecule has 0 radical (unpaired) electrons. The summed E-state index contributed by atoms with van der Waals surface area (Å²) in [5.41, 5.74) is 3.22. The molecule has 1 amide bonds. The summed E-state index contributed by atoms with van der Waals surface area (Å²) in [5, 5.41) is 12.3. The number of furan rings is 2. The molecule has 2 aliphatic rings. The molecule has 6 heteroatoms. The van der Waals surface area contributed by atoms with Crippen molar-refractivity contribution in [2.24, 2.45) is 0 Å². The molecule has 0 spiro atoms. The van der Waals surface area contributed by atoms with Crippen molar-refractivity contribution in [2.75, 3.05) is 26.2 Å². The van der Waals surface area contributed by atoms with E-state index in [1.165, 1.54) is 5.56 Å². The number of likely N-dealkylation sites (tertiary alicyclic amines) is 2. The molecule has 2 aromatic heterocycles. The molecule has 2 saturated heterocycles. The van der Waals surface area contributed by atoms with Crippen LogP contribution in [-0.2, 0) is 12.1 Å². The van der Waals surface area contributed by atoms with Gasteiger partial charge in [-0.05, 0) is 73.4 Å². The number of rotatable bonds is 5. The average Bonchev–Trinajstić information content (AvgIpc) is 3.53. The Balaban J connectivity index is 1.12. The number of piperidine rings is 1. The summed E-state index contributed by atoms with van der Waals surface area (Å²) in [4.78, 5) is 17.6. The van der Waals surface area contributed by atoms with Gasteiger partial charge in [0, 0.05) is 43.7 Å². The van der Waals surface area contributed by atoms with Gasteiger partial charge in [-0.3, -0.25) is 9.69 Å². The Bertz CT molecular complexity index is 1340. The predicted octanol–water partition coefficient (Wildman–Crippen LogP) is 5.92. The van der Waals surface area contributed by atoms with Gasteiger partial charge in [0.2, 0.25) is 0 Å². The van der Waals surface area contributed by atoms with Gasteiger partial charge in [0.05, 0.1) is 18.1 Å². The lowest BCUT2D eigenvalue weighted by Crippen LogP contribution is -2.42. The van der Waals surface area contributed by atoms with E-state index in [1.54, 1.807) is 12.5 Å². The first-order chi connectivity index (χ1) is 18.1. The smallest absolute Gasteiger partial charge is 0.289 e. The van der Waals surface area contributed by atoms with E-state index in [4.69, 9.17) is 8.83 Å². The van der Waals surface area contributed by atoms with Crippen LogP contribution in [-0.4, -0.2) is 47.0 Å². The molecule has 2 aliphatic heterocycles. The lowest BCUT2D eigenvalue weighted by Gasteiger charge is -2.38. The summed E-state index contributed by atoms with van der Waals surface area (Å²) in [6, 6.07) is 20.3. The first-order valence-corrected chi connectivity index (χ1v) is 13.4. The van der Waals surface area contributed by atoms with Crippen molar-refractivity contribution in [3.63, 3.8) is 0 Å². The van der Waals surface area contributed by atoms with Crippen molar-refractivity contribution in [3.8, 4) is 0 Å². The van der Waals surface area contributed by atoms with Gasteiger partial charge in [0.15, 0.2) is 5.76 Å². The zero-order valence-corrected chi connectivity index (χ0v) is 21.1. The molecule has 6 nitrogen and oxygen atoms in total.